The van der Waals surface area contributed by atoms with Crippen LogP contribution >= 0.6 is 0 Å². The second kappa shape index (κ2) is 7.34. The van der Waals surface area contributed by atoms with Crippen molar-refractivity contribution < 1.29 is 17.6 Å². The van der Waals surface area contributed by atoms with Crippen LogP contribution in [0.3, 0.4) is 0 Å². The summed E-state index contributed by atoms with van der Waals surface area (Å²) in [5, 5.41) is 2.60. The van der Waals surface area contributed by atoms with Crippen molar-refractivity contribution in [3.8, 4) is 0 Å². The average Bonchev–Trinajstić information content (AvgIpc) is 2.54. The number of rotatable bonds is 6. The predicted octanol–water partition coefficient (Wildman–Crippen LogP) is 2.05. The quantitative estimate of drug-likeness (QED) is 0.848. The second-order valence-corrected chi connectivity index (χ2v) is 6.57. The first-order valence-electron chi connectivity index (χ1n) is 7.05. The van der Waals surface area contributed by atoms with Crippen LogP contribution in [-0.2, 0) is 16.6 Å². The van der Waals surface area contributed by atoms with E-state index in [1.807, 2.05) is 0 Å². The lowest BCUT2D eigenvalue weighted by molar-refractivity contribution is 0.0950. The number of sulfonamides is 1. The average molecular weight is 336 g/mol. The molecule has 2 aromatic carbocycles. The summed E-state index contributed by atoms with van der Waals surface area (Å²) in [4.78, 5) is 12.1. The Hall–Kier alpha value is -2.25. The number of amides is 1. The number of hydrogen-bond donors (Lipinski definition) is 2. The number of benzene rings is 2. The fourth-order valence-electron chi connectivity index (χ4n) is 1.98. The van der Waals surface area contributed by atoms with E-state index in [1.165, 1.54) is 30.3 Å². The van der Waals surface area contributed by atoms with Crippen molar-refractivity contribution in [2.75, 3.05) is 6.54 Å². The minimum atomic E-state index is -3.54. The number of hydrogen-bond acceptors (Lipinski definition) is 3. The molecule has 122 valence electrons. The number of carbonyl (C=O) groups excluding carboxylic acids is 1. The summed E-state index contributed by atoms with van der Waals surface area (Å²) in [7, 11) is -3.54. The maximum absolute atomic E-state index is 13.5. The van der Waals surface area contributed by atoms with Gasteiger partial charge in [0.25, 0.3) is 5.91 Å². The molecule has 0 saturated carbocycles. The van der Waals surface area contributed by atoms with E-state index < -0.39 is 15.9 Å². The Morgan fingerprint density at radius 1 is 1.09 bits per heavy atom. The van der Waals surface area contributed by atoms with Gasteiger partial charge in [-0.15, -0.1) is 0 Å². The Labute approximate surface area is 134 Å². The van der Waals surface area contributed by atoms with Gasteiger partial charge in [0.15, 0.2) is 0 Å². The lowest BCUT2D eigenvalue weighted by atomic mass is 10.2. The highest BCUT2D eigenvalue weighted by atomic mass is 32.2. The lowest BCUT2D eigenvalue weighted by Gasteiger charge is -2.08. The van der Waals surface area contributed by atoms with Crippen molar-refractivity contribution in [3.05, 3.63) is 65.5 Å². The molecule has 2 rings (SSSR count). The second-order valence-electron chi connectivity index (χ2n) is 4.80. The van der Waals surface area contributed by atoms with Gasteiger partial charge in [0, 0.05) is 24.2 Å². The highest BCUT2D eigenvalue weighted by Crippen LogP contribution is 2.11. The molecule has 0 radical (unpaired) electrons. The van der Waals surface area contributed by atoms with E-state index in [4.69, 9.17) is 0 Å². The van der Waals surface area contributed by atoms with Crippen molar-refractivity contribution in [3.63, 3.8) is 0 Å². The molecule has 2 N–H and O–H groups in total. The van der Waals surface area contributed by atoms with E-state index in [0.717, 1.165) is 0 Å². The van der Waals surface area contributed by atoms with Crippen molar-refractivity contribution in [2.24, 2.45) is 0 Å². The molecule has 0 unspecified atom stereocenters. The van der Waals surface area contributed by atoms with Crippen LogP contribution in [-0.4, -0.2) is 20.9 Å². The number of nitrogens with one attached hydrogen (secondary N) is 2. The molecule has 0 atom stereocenters. The van der Waals surface area contributed by atoms with Gasteiger partial charge in [0.2, 0.25) is 10.0 Å². The Kier molecular flexibility index (Phi) is 5.46. The van der Waals surface area contributed by atoms with E-state index in [1.54, 1.807) is 25.1 Å². The molecule has 0 heterocycles. The topological polar surface area (TPSA) is 75.3 Å². The third kappa shape index (κ3) is 4.37. The first kappa shape index (κ1) is 17.1. The third-order valence-electron chi connectivity index (χ3n) is 3.16. The summed E-state index contributed by atoms with van der Waals surface area (Å²) in [6, 6.07) is 11.7. The van der Waals surface area contributed by atoms with Crippen molar-refractivity contribution >= 4 is 15.9 Å². The molecule has 1 amide bonds. The monoisotopic (exact) mass is 336 g/mol. The molecule has 0 spiro atoms. The molecule has 0 bridgehead atoms. The van der Waals surface area contributed by atoms with E-state index in [0.29, 0.717) is 11.1 Å². The SMILES string of the molecule is CCNS(=O)(=O)c1ccc(C(=O)NCc2ccccc2F)cc1. The lowest BCUT2D eigenvalue weighted by Crippen LogP contribution is -2.24. The van der Waals surface area contributed by atoms with Crippen LogP contribution in [0, 0.1) is 5.82 Å². The Morgan fingerprint density at radius 2 is 1.74 bits per heavy atom. The molecule has 0 aliphatic heterocycles. The summed E-state index contributed by atoms with van der Waals surface area (Å²) < 4.78 is 39.5. The van der Waals surface area contributed by atoms with E-state index in [2.05, 4.69) is 10.0 Å². The van der Waals surface area contributed by atoms with Gasteiger partial charge < -0.3 is 5.32 Å². The first-order valence-corrected chi connectivity index (χ1v) is 8.53. The molecule has 5 nitrogen and oxygen atoms in total. The summed E-state index contributed by atoms with van der Waals surface area (Å²) in [6.45, 7) is 2.03. The van der Waals surface area contributed by atoms with Gasteiger partial charge >= 0.3 is 0 Å². The zero-order chi connectivity index (χ0) is 16.9. The predicted molar refractivity (Wildman–Crippen MR) is 84.9 cm³/mol. The van der Waals surface area contributed by atoms with Crippen LogP contribution in [0.4, 0.5) is 4.39 Å². The highest BCUT2D eigenvalue weighted by Gasteiger charge is 2.13. The van der Waals surface area contributed by atoms with Crippen LogP contribution in [0.2, 0.25) is 0 Å². The molecular formula is C16H17FN2O3S. The van der Waals surface area contributed by atoms with E-state index in [-0.39, 0.29) is 23.8 Å². The molecule has 0 saturated heterocycles. The normalized spacial score (nSPS) is 11.2. The maximum atomic E-state index is 13.5. The summed E-state index contributed by atoms with van der Waals surface area (Å²) in [5.74, 6) is -0.791. The van der Waals surface area contributed by atoms with Gasteiger partial charge in [-0.25, -0.2) is 17.5 Å². The van der Waals surface area contributed by atoms with Crippen molar-refractivity contribution in [2.45, 2.75) is 18.4 Å². The molecule has 23 heavy (non-hydrogen) atoms. The molecule has 2 aromatic rings. The Morgan fingerprint density at radius 3 is 2.35 bits per heavy atom. The minimum absolute atomic E-state index is 0.0585. The number of halogens is 1. The van der Waals surface area contributed by atoms with Crippen molar-refractivity contribution in [1.29, 1.82) is 0 Å². The van der Waals surface area contributed by atoms with Crippen LogP contribution in [0.5, 0.6) is 0 Å². The van der Waals surface area contributed by atoms with Gasteiger partial charge in [0.05, 0.1) is 4.90 Å². The van der Waals surface area contributed by atoms with E-state index in [9.17, 15) is 17.6 Å². The zero-order valence-corrected chi connectivity index (χ0v) is 13.4. The third-order valence-corrected chi connectivity index (χ3v) is 4.72. The largest absolute Gasteiger partial charge is 0.348 e. The molecule has 0 aliphatic carbocycles. The molecular weight excluding hydrogens is 319 g/mol. The summed E-state index contributed by atoms with van der Waals surface area (Å²) in [6.07, 6.45) is 0. The molecule has 7 heteroatoms. The minimum Gasteiger partial charge on any atom is -0.348 e. The van der Waals surface area contributed by atoms with Gasteiger partial charge in [-0.2, -0.15) is 0 Å². The Bertz CT molecular complexity index is 789. The molecule has 0 aliphatic rings. The zero-order valence-electron chi connectivity index (χ0n) is 12.5. The van der Waals surface area contributed by atoms with Gasteiger partial charge in [-0.3, -0.25) is 4.79 Å². The summed E-state index contributed by atoms with van der Waals surface area (Å²) in [5.41, 5.74) is 0.684. The maximum Gasteiger partial charge on any atom is 0.251 e. The van der Waals surface area contributed by atoms with Crippen molar-refractivity contribution in [1.82, 2.24) is 10.0 Å². The molecule has 0 fully saturated rings. The fraction of sp³-hybridized carbons (Fsp3) is 0.188. The first-order chi connectivity index (χ1) is 10.9. The fourth-order valence-corrected chi connectivity index (χ4v) is 3.02. The molecule has 0 aromatic heterocycles. The summed E-state index contributed by atoms with van der Waals surface area (Å²) >= 11 is 0. The van der Waals surface area contributed by atoms with Crippen LogP contribution in [0.25, 0.3) is 0 Å². The Balaban J connectivity index is 2.05. The van der Waals surface area contributed by atoms with Crippen LogP contribution in [0.15, 0.2) is 53.4 Å². The smallest absolute Gasteiger partial charge is 0.251 e. The standard InChI is InChI=1S/C16H17FN2O3S/c1-2-19-23(21,22)14-9-7-12(8-10-14)16(20)18-11-13-5-3-4-6-15(13)17/h3-10,19H,2,11H2,1H3,(H,18,20). The number of carbonyl (C=O) groups is 1. The van der Waals surface area contributed by atoms with Gasteiger partial charge in [-0.05, 0) is 30.3 Å². The highest BCUT2D eigenvalue weighted by molar-refractivity contribution is 7.89. The van der Waals surface area contributed by atoms with Crippen LogP contribution < -0.4 is 10.0 Å². The van der Waals surface area contributed by atoms with Gasteiger partial charge in [0.1, 0.15) is 5.82 Å². The van der Waals surface area contributed by atoms with Gasteiger partial charge in [-0.1, -0.05) is 25.1 Å². The van der Waals surface area contributed by atoms with Crippen LogP contribution in [0.1, 0.15) is 22.8 Å². The van der Waals surface area contributed by atoms with E-state index >= 15 is 0 Å².